The van der Waals surface area contributed by atoms with Crippen LogP contribution in [-0.2, 0) is 28.2 Å². The van der Waals surface area contributed by atoms with Crippen LogP contribution in [0.5, 0.6) is 17.2 Å². The Kier molecular flexibility index (Phi) is 15.4. The second-order valence-corrected chi connectivity index (χ2v) is 16.1. The van der Waals surface area contributed by atoms with Gasteiger partial charge in [0.25, 0.3) is 5.91 Å². The van der Waals surface area contributed by atoms with Crippen molar-refractivity contribution in [3.05, 3.63) is 171 Å². The molecule has 0 bridgehead atoms. The molecule has 7 rings (SSSR count). The molecule has 0 radical (unpaired) electrons. The number of benzene rings is 5. The third kappa shape index (κ3) is 11.3. The Morgan fingerprint density at radius 2 is 1.62 bits per heavy atom. The fraction of sp³-hybridized carbons (Fsp3) is 0.314. The van der Waals surface area contributed by atoms with Crippen LogP contribution in [0.4, 0.5) is 0 Å². The van der Waals surface area contributed by atoms with Gasteiger partial charge >= 0.3 is 5.97 Å². The number of carbonyl (C=O) groups is 2. The first-order valence-corrected chi connectivity index (χ1v) is 21.8. The summed E-state index contributed by atoms with van der Waals surface area (Å²) < 4.78 is 17.8. The molecule has 6 N–H and O–H groups in total. The zero-order valence-electron chi connectivity index (χ0n) is 36.0. The molecule has 13 nitrogen and oxygen atoms in total. The number of piperidine rings is 1. The van der Waals surface area contributed by atoms with E-state index >= 15 is 0 Å². The van der Waals surface area contributed by atoms with Gasteiger partial charge in [-0.25, -0.2) is 4.79 Å². The number of likely N-dealkylation sites (tertiary alicyclic amines) is 1. The van der Waals surface area contributed by atoms with E-state index in [-0.39, 0.29) is 48.4 Å². The standard InChI is InChI=1S/C51H56N4O9/c1-2-62-46-29-37(17-18-38(46)31-52-32-45(57)42-19-21-44(56)48-43(42)20-22-47(58)54-48)49(59)53-25-10-28-63-41-16-9-15-40(30-41)51(61,39-13-7-4-8-14-39)50(60)64-34-36-23-26-55(27-24-36)33-35-11-5-3-6-12-35/h3-9,11-22,29-30,36,45,52,56-57,61H,2,10,23-28,31-34H2,1H3,(H,53,59)(H,54,58). The zero-order chi connectivity index (χ0) is 44.9. The van der Waals surface area contributed by atoms with Crippen molar-refractivity contribution in [3.8, 4) is 17.2 Å². The first-order valence-electron chi connectivity index (χ1n) is 21.8. The number of aromatic nitrogens is 1. The number of aliphatic hydroxyl groups excluding tert-OH is 1. The molecule has 0 aliphatic carbocycles. The van der Waals surface area contributed by atoms with E-state index in [1.165, 1.54) is 17.7 Å². The minimum absolute atomic E-state index is 0.0796. The number of aromatic amines is 1. The summed E-state index contributed by atoms with van der Waals surface area (Å²) in [7, 11) is 0. The number of ether oxygens (including phenoxy) is 3. The number of phenolic OH excluding ortho intramolecular Hbond substituents is 1. The maximum absolute atomic E-state index is 13.9. The maximum atomic E-state index is 13.9. The van der Waals surface area contributed by atoms with Crippen LogP contribution in [0.2, 0.25) is 0 Å². The molecule has 1 saturated heterocycles. The molecular formula is C51H56N4O9. The number of carbonyl (C=O) groups excluding carboxylic acids is 2. The fourth-order valence-electron chi connectivity index (χ4n) is 8.04. The molecule has 64 heavy (non-hydrogen) atoms. The number of H-pyrrole nitrogens is 1. The molecule has 13 heteroatoms. The highest BCUT2D eigenvalue weighted by molar-refractivity contribution is 5.94. The van der Waals surface area contributed by atoms with Crippen LogP contribution in [0.25, 0.3) is 10.9 Å². The van der Waals surface area contributed by atoms with Crippen LogP contribution in [0.1, 0.15) is 70.5 Å². The summed E-state index contributed by atoms with van der Waals surface area (Å²) in [4.78, 5) is 43.8. The number of hydrogen-bond acceptors (Lipinski definition) is 11. The smallest absolute Gasteiger partial charge is 0.347 e. The molecule has 1 fully saturated rings. The average molecular weight is 869 g/mol. The molecule has 2 unspecified atom stereocenters. The van der Waals surface area contributed by atoms with E-state index in [2.05, 4.69) is 44.8 Å². The number of pyridine rings is 1. The van der Waals surface area contributed by atoms with E-state index in [4.69, 9.17) is 14.2 Å². The lowest BCUT2D eigenvalue weighted by Gasteiger charge is -2.33. The highest BCUT2D eigenvalue weighted by Crippen LogP contribution is 2.34. The van der Waals surface area contributed by atoms with E-state index in [1.54, 1.807) is 78.9 Å². The average Bonchev–Trinajstić information content (AvgIpc) is 3.32. The lowest BCUT2D eigenvalue weighted by Crippen LogP contribution is -2.40. The van der Waals surface area contributed by atoms with Gasteiger partial charge in [-0.2, -0.15) is 0 Å². The molecule has 334 valence electrons. The first kappa shape index (κ1) is 45.5. The van der Waals surface area contributed by atoms with Crippen molar-refractivity contribution in [1.82, 2.24) is 20.5 Å². The lowest BCUT2D eigenvalue weighted by molar-refractivity contribution is -0.164. The number of phenols is 1. The van der Waals surface area contributed by atoms with E-state index < -0.39 is 17.7 Å². The Balaban J connectivity index is 0.889. The maximum Gasteiger partial charge on any atom is 0.347 e. The number of nitrogens with zero attached hydrogens (tertiary/aromatic N) is 1. The summed E-state index contributed by atoms with van der Waals surface area (Å²) in [5.74, 6) is 0.0991. The molecule has 0 saturated carbocycles. The van der Waals surface area contributed by atoms with Crippen LogP contribution < -0.4 is 25.7 Å². The Morgan fingerprint density at radius 1 is 0.875 bits per heavy atom. The summed E-state index contributed by atoms with van der Waals surface area (Å²) in [6.45, 7) is 6.29. The van der Waals surface area contributed by atoms with Gasteiger partial charge < -0.3 is 45.1 Å². The number of fused-ring (bicyclic) bond motifs is 1. The Hall–Kier alpha value is -6.51. The molecule has 1 aliphatic rings. The predicted octanol–water partition coefficient (Wildman–Crippen LogP) is 6.35. The number of rotatable bonds is 20. The number of nitrogens with one attached hydrogen (secondary N) is 3. The highest BCUT2D eigenvalue weighted by Gasteiger charge is 2.42. The largest absolute Gasteiger partial charge is 0.506 e. The SMILES string of the molecule is CCOc1cc(C(=O)NCCCOc2cccc(C(O)(C(=O)OCC3CCN(Cc4ccccc4)CC3)c3ccccc3)c2)ccc1CNCC(O)c1ccc(O)c2[nH]c(=O)ccc12. The number of aliphatic hydroxyl groups is 2. The van der Waals surface area contributed by atoms with Gasteiger partial charge in [-0.15, -0.1) is 0 Å². The summed E-state index contributed by atoms with van der Waals surface area (Å²) in [5, 5.41) is 40.0. The number of aromatic hydroxyl groups is 1. The van der Waals surface area contributed by atoms with E-state index in [9.17, 15) is 29.7 Å². The molecule has 1 amide bonds. The van der Waals surface area contributed by atoms with E-state index in [1.807, 2.05) is 19.1 Å². The van der Waals surface area contributed by atoms with Gasteiger partial charge in [-0.1, -0.05) is 84.9 Å². The molecule has 2 atom stereocenters. The molecule has 1 aromatic heterocycles. The van der Waals surface area contributed by atoms with Gasteiger partial charge in [0.15, 0.2) is 0 Å². The van der Waals surface area contributed by atoms with Crippen LogP contribution in [0.3, 0.4) is 0 Å². The molecule has 5 aromatic carbocycles. The van der Waals surface area contributed by atoms with Crippen LogP contribution in [-0.4, -0.2) is 83.1 Å². The first-order chi connectivity index (χ1) is 31.1. The Morgan fingerprint density at radius 3 is 2.39 bits per heavy atom. The van der Waals surface area contributed by atoms with Gasteiger partial charge in [-0.05, 0) is 98.3 Å². The van der Waals surface area contributed by atoms with Crippen LogP contribution in [0.15, 0.2) is 132 Å². The second-order valence-electron chi connectivity index (χ2n) is 16.1. The van der Waals surface area contributed by atoms with E-state index in [0.29, 0.717) is 65.3 Å². The zero-order valence-corrected chi connectivity index (χ0v) is 36.0. The van der Waals surface area contributed by atoms with Crippen molar-refractivity contribution in [1.29, 1.82) is 0 Å². The van der Waals surface area contributed by atoms with Crippen molar-refractivity contribution in [2.45, 2.75) is 51.0 Å². The summed E-state index contributed by atoms with van der Waals surface area (Å²) in [5.41, 5.74) is 1.63. The number of amides is 1. The number of hydrogen-bond donors (Lipinski definition) is 6. The van der Waals surface area contributed by atoms with Crippen molar-refractivity contribution >= 4 is 22.8 Å². The van der Waals surface area contributed by atoms with Gasteiger partial charge in [-0.3, -0.25) is 14.5 Å². The summed E-state index contributed by atoms with van der Waals surface area (Å²) in [6.07, 6.45) is 1.35. The minimum atomic E-state index is -2.05. The van der Waals surface area contributed by atoms with Crippen molar-refractivity contribution in [2.24, 2.45) is 5.92 Å². The van der Waals surface area contributed by atoms with Crippen molar-refractivity contribution < 1.29 is 39.1 Å². The quantitative estimate of drug-likeness (QED) is 0.0372. The van der Waals surface area contributed by atoms with Gasteiger partial charge in [0.2, 0.25) is 11.2 Å². The highest BCUT2D eigenvalue weighted by atomic mass is 16.6. The van der Waals surface area contributed by atoms with Crippen LogP contribution >= 0.6 is 0 Å². The van der Waals surface area contributed by atoms with Gasteiger partial charge in [0, 0.05) is 54.3 Å². The summed E-state index contributed by atoms with van der Waals surface area (Å²) in [6, 6.07) is 37.2. The molecule has 0 spiro atoms. The lowest BCUT2D eigenvalue weighted by atomic mass is 9.86. The van der Waals surface area contributed by atoms with Crippen molar-refractivity contribution in [2.75, 3.05) is 46.0 Å². The predicted molar refractivity (Wildman–Crippen MR) is 244 cm³/mol. The van der Waals surface area contributed by atoms with Crippen molar-refractivity contribution in [3.63, 3.8) is 0 Å². The van der Waals surface area contributed by atoms with Crippen LogP contribution in [0, 0.1) is 5.92 Å². The molecule has 6 aromatic rings. The van der Waals surface area contributed by atoms with Gasteiger partial charge in [0.05, 0.1) is 31.4 Å². The molecular weight excluding hydrogens is 813 g/mol. The third-order valence-electron chi connectivity index (χ3n) is 11.6. The Labute approximate surface area is 372 Å². The molecule has 1 aliphatic heterocycles. The second kappa shape index (κ2) is 21.7. The Bertz CT molecular complexity index is 2540. The van der Waals surface area contributed by atoms with E-state index in [0.717, 1.165) is 38.0 Å². The molecule has 2 heterocycles. The summed E-state index contributed by atoms with van der Waals surface area (Å²) >= 11 is 0. The number of esters is 1. The third-order valence-corrected chi connectivity index (χ3v) is 11.6. The fourth-order valence-corrected chi connectivity index (χ4v) is 8.04. The normalized spacial score (nSPS) is 14.7. The topological polar surface area (TPSA) is 183 Å². The minimum Gasteiger partial charge on any atom is -0.506 e. The monoisotopic (exact) mass is 868 g/mol. The van der Waals surface area contributed by atoms with Gasteiger partial charge in [0.1, 0.15) is 17.2 Å².